The highest BCUT2D eigenvalue weighted by Crippen LogP contribution is 2.25. The largest absolute Gasteiger partial charge is 0.358 e. The fourth-order valence-corrected chi connectivity index (χ4v) is 2.02. The number of hydrogen-bond donors (Lipinski definition) is 1. The third-order valence-electron chi connectivity index (χ3n) is 2.34. The van der Waals surface area contributed by atoms with Gasteiger partial charge in [-0.15, -0.1) is 0 Å². The van der Waals surface area contributed by atoms with Crippen molar-refractivity contribution in [1.29, 1.82) is 5.26 Å². The van der Waals surface area contributed by atoms with E-state index in [-0.39, 0.29) is 0 Å². The minimum Gasteiger partial charge on any atom is -0.358 e. The minimum absolute atomic E-state index is 0.461. The first-order valence-electron chi connectivity index (χ1n) is 4.36. The van der Waals surface area contributed by atoms with E-state index in [2.05, 4.69) is 27.0 Å². The molecule has 0 unspecified atom stereocenters. The quantitative estimate of drug-likeness (QED) is 0.827. The lowest BCUT2D eigenvalue weighted by atomic mass is 10.1. The monoisotopic (exact) mass is 248 g/mol. The van der Waals surface area contributed by atoms with Crippen LogP contribution < -0.4 is 0 Å². The zero-order chi connectivity index (χ0) is 10.1. The molecule has 0 aliphatic carbocycles. The first-order chi connectivity index (χ1) is 6.72. The van der Waals surface area contributed by atoms with E-state index in [9.17, 15) is 0 Å². The fourth-order valence-electron chi connectivity index (χ4n) is 1.66. The second-order valence-corrected chi connectivity index (χ2v) is 4.17. The third-order valence-corrected chi connectivity index (χ3v) is 2.83. The number of benzene rings is 1. The first-order valence-corrected chi connectivity index (χ1v) is 5.15. The maximum atomic E-state index is 8.72. The molecule has 0 saturated heterocycles. The van der Waals surface area contributed by atoms with Gasteiger partial charge in [0.1, 0.15) is 0 Å². The lowest BCUT2D eigenvalue weighted by molar-refractivity contribution is 1.19. The third kappa shape index (κ3) is 1.42. The summed E-state index contributed by atoms with van der Waals surface area (Å²) in [5, 5.41) is 9.85. The standard InChI is InChI=1S/C11H9BrN2/c1-7-9(4-5-13)10-6-8(12)2-3-11(10)14-7/h2-3,6,14H,4H2,1H3. The van der Waals surface area contributed by atoms with Gasteiger partial charge < -0.3 is 4.98 Å². The van der Waals surface area contributed by atoms with E-state index in [4.69, 9.17) is 5.26 Å². The van der Waals surface area contributed by atoms with Crippen LogP contribution >= 0.6 is 15.9 Å². The molecule has 0 bridgehead atoms. The average molecular weight is 249 g/mol. The van der Waals surface area contributed by atoms with Gasteiger partial charge in [-0.1, -0.05) is 15.9 Å². The van der Waals surface area contributed by atoms with Crippen molar-refractivity contribution in [1.82, 2.24) is 4.98 Å². The van der Waals surface area contributed by atoms with E-state index in [0.717, 1.165) is 26.6 Å². The second kappa shape index (κ2) is 3.47. The molecule has 0 fully saturated rings. The number of fused-ring (bicyclic) bond motifs is 1. The summed E-state index contributed by atoms with van der Waals surface area (Å²) in [6, 6.07) is 8.25. The van der Waals surface area contributed by atoms with Gasteiger partial charge in [-0.05, 0) is 30.7 Å². The summed E-state index contributed by atoms with van der Waals surface area (Å²) in [5.74, 6) is 0. The van der Waals surface area contributed by atoms with E-state index in [1.165, 1.54) is 0 Å². The average Bonchev–Trinajstić information content (AvgIpc) is 2.45. The van der Waals surface area contributed by atoms with Gasteiger partial charge in [0, 0.05) is 21.1 Å². The van der Waals surface area contributed by atoms with Gasteiger partial charge in [0.2, 0.25) is 0 Å². The van der Waals surface area contributed by atoms with Crippen molar-refractivity contribution in [3.05, 3.63) is 33.9 Å². The van der Waals surface area contributed by atoms with Gasteiger partial charge in [-0.2, -0.15) is 5.26 Å². The lowest BCUT2D eigenvalue weighted by Crippen LogP contribution is -1.82. The molecule has 0 aliphatic rings. The summed E-state index contributed by atoms with van der Waals surface area (Å²) >= 11 is 3.43. The van der Waals surface area contributed by atoms with Gasteiger partial charge >= 0.3 is 0 Å². The summed E-state index contributed by atoms with van der Waals surface area (Å²) < 4.78 is 1.04. The van der Waals surface area contributed by atoms with E-state index >= 15 is 0 Å². The van der Waals surface area contributed by atoms with Crippen LogP contribution in [0.5, 0.6) is 0 Å². The molecule has 1 N–H and O–H groups in total. The maximum absolute atomic E-state index is 8.72. The SMILES string of the molecule is Cc1[nH]c2ccc(Br)cc2c1CC#N. The van der Waals surface area contributed by atoms with Crippen LogP contribution in [-0.4, -0.2) is 4.98 Å². The topological polar surface area (TPSA) is 39.6 Å². The number of H-pyrrole nitrogens is 1. The van der Waals surface area contributed by atoms with Crippen molar-refractivity contribution in [3.8, 4) is 6.07 Å². The molecule has 2 nitrogen and oxygen atoms in total. The van der Waals surface area contributed by atoms with Crippen LogP contribution in [0.2, 0.25) is 0 Å². The van der Waals surface area contributed by atoms with Crippen molar-refractivity contribution < 1.29 is 0 Å². The van der Waals surface area contributed by atoms with Crippen LogP contribution in [0.1, 0.15) is 11.3 Å². The molecule has 0 saturated carbocycles. The Bertz CT molecular complexity index is 520. The molecule has 0 spiro atoms. The molecule has 14 heavy (non-hydrogen) atoms. The number of nitriles is 1. The van der Waals surface area contributed by atoms with Crippen molar-refractivity contribution in [2.24, 2.45) is 0 Å². The van der Waals surface area contributed by atoms with E-state index in [0.29, 0.717) is 6.42 Å². The Morgan fingerprint density at radius 2 is 2.29 bits per heavy atom. The van der Waals surface area contributed by atoms with Gasteiger partial charge in [0.15, 0.2) is 0 Å². The van der Waals surface area contributed by atoms with Crippen LogP contribution in [0.15, 0.2) is 22.7 Å². The highest BCUT2D eigenvalue weighted by atomic mass is 79.9. The molecule has 2 rings (SSSR count). The Morgan fingerprint density at radius 1 is 1.50 bits per heavy atom. The molecule has 0 amide bonds. The van der Waals surface area contributed by atoms with Crippen LogP contribution in [0.3, 0.4) is 0 Å². The summed E-state index contributed by atoms with van der Waals surface area (Å²) in [7, 11) is 0. The Morgan fingerprint density at radius 3 is 3.00 bits per heavy atom. The van der Waals surface area contributed by atoms with E-state index in [1.807, 2.05) is 25.1 Å². The molecule has 0 aliphatic heterocycles. The molecule has 2 aromatic rings. The predicted octanol–water partition coefficient (Wildman–Crippen LogP) is 3.30. The zero-order valence-electron chi connectivity index (χ0n) is 7.76. The van der Waals surface area contributed by atoms with Crippen molar-refractivity contribution in [3.63, 3.8) is 0 Å². The van der Waals surface area contributed by atoms with Crippen LogP contribution in [0, 0.1) is 18.3 Å². The maximum Gasteiger partial charge on any atom is 0.0670 e. The molecular weight excluding hydrogens is 240 g/mol. The van der Waals surface area contributed by atoms with Crippen LogP contribution in [-0.2, 0) is 6.42 Å². The lowest BCUT2D eigenvalue weighted by Gasteiger charge is -1.94. The van der Waals surface area contributed by atoms with Gasteiger partial charge in [-0.3, -0.25) is 0 Å². The number of halogens is 1. The van der Waals surface area contributed by atoms with Crippen molar-refractivity contribution >= 4 is 26.8 Å². The molecule has 70 valence electrons. The number of nitrogens with zero attached hydrogens (tertiary/aromatic N) is 1. The molecule has 1 aromatic heterocycles. The summed E-state index contributed by atoms with van der Waals surface area (Å²) in [6.45, 7) is 2.00. The normalized spacial score (nSPS) is 10.4. The summed E-state index contributed by atoms with van der Waals surface area (Å²) in [4.78, 5) is 3.27. The number of nitrogens with one attached hydrogen (secondary N) is 1. The molecule has 1 heterocycles. The number of aromatic amines is 1. The van der Waals surface area contributed by atoms with Gasteiger partial charge in [-0.25, -0.2) is 0 Å². The van der Waals surface area contributed by atoms with Gasteiger partial charge in [0.05, 0.1) is 12.5 Å². The van der Waals surface area contributed by atoms with E-state index < -0.39 is 0 Å². The summed E-state index contributed by atoms with van der Waals surface area (Å²) in [6.07, 6.45) is 0.461. The number of hydrogen-bond acceptors (Lipinski definition) is 1. The van der Waals surface area contributed by atoms with Crippen LogP contribution in [0.25, 0.3) is 10.9 Å². The Kier molecular flexibility index (Phi) is 2.30. The highest BCUT2D eigenvalue weighted by molar-refractivity contribution is 9.10. The Labute approximate surface area is 90.7 Å². The number of aromatic nitrogens is 1. The second-order valence-electron chi connectivity index (χ2n) is 3.25. The van der Waals surface area contributed by atoms with Crippen molar-refractivity contribution in [2.45, 2.75) is 13.3 Å². The molecular formula is C11H9BrN2. The molecule has 1 aromatic carbocycles. The number of rotatable bonds is 1. The minimum atomic E-state index is 0.461. The Hall–Kier alpha value is -1.27. The van der Waals surface area contributed by atoms with Crippen molar-refractivity contribution in [2.75, 3.05) is 0 Å². The summed E-state index contributed by atoms with van der Waals surface area (Å²) in [5.41, 5.74) is 3.28. The Balaban J connectivity index is 2.74. The fraction of sp³-hybridized carbons (Fsp3) is 0.182. The molecule has 0 radical (unpaired) electrons. The zero-order valence-corrected chi connectivity index (χ0v) is 9.35. The molecule has 0 atom stereocenters. The predicted molar refractivity (Wildman–Crippen MR) is 60.1 cm³/mol. The smallest absolute Gasteiger partial charge is 0.0670 e. The molecule has 3 heteroatoms. The first kappa shape index (κ1) is 9.29. The highest BCUT2D eigenvalue weighted by Gasteiger charge is 2.07. The van der Waals surface area contributed by atoms with Gasteiger partial charge in [0.25, 0.3) is 0 Å². The number of aryl methyl sites for hydroxylation is 1. The van der Waals surface area contributed by atoms with E-state index in [1.54, 1.807) is 0 Å². The van der Waals surface area contributed by atoms with Crippen LogP contribution in [0.4, 0.5) is 0 Å².